The number of aromatic hydroxyl groups is 1. The van der Waals surface area contributed by atoms with Crippen LogP contribution in [0, 0.1) is 0 Å². The van der Waals surface area contributed by atoms with E-state index < -0.39 is 0 Å². The van der Waals surface area contributed by atoms with E-state index in [1.165, 1.54) is 0 Å². The van der Waals surface area contributed by atoms with Gasteiger partial charge in [-0.05, 0) is 11.1 Å². The lowest BCUT2D eigenvalue weighted by atomic mass is 10.0. The van der Waals surface area contributed by atoms with Crippen LogP contribution in [0.3, 0.4) is 0 Å². The van der Waals surface area contributed by atoms with Gasteiger partial charge in [-0.25, -0.2) is 4.98 Å². The predicted octanol–water partition coefficient (Wildman–Crippen LogP) is 3.77. The van der Waals surface area contributed by atoms with Gasteiger partial charge >= 0.3 is 0 Å². The van der Waals surface area contributed by atoms with E-state index in [0.717, 1.165) is 16.7 Å². The minimum Gasteiger partial charge on any atom is -0.493 e. The lowest BCUT2D eigenvalue weighted by Gasteiger charge is -2.03. The van der Waals surface area contributed by atoms with Crippen LogP contribution in [-0.2, 0) is 0 Å². The van der Waals surface area contributed by atoms with Crippen molar-refractivity contribution in [3.63, 3.8) is 0 Å². The molecule has 4 rings (SSSR count). The summed E-state index contributed by atoms with van der Waals surface area (Å²) in [4.78, 5) is 8.46. The van der Waals surface area contributed by atoms with Crippen LogP contribution in [0.4, 0.5) is 0 Å². The standard InChI is InChI=1S/C18H13N3O/c22-18-17(20-16-12-19-10-11-21(16)18)15-8-6-14(7-9-15)13-4-2-1-3-5-13/h1-12,22H. The molecular weight excluding hydrogens is 274 g/mol. The summed E-state index contributed by atoms with van der Waals surface area (Å²) >= 11 is 0. The maximum absolute atomic E-state index is 10.3. The van der Waals surface area contributed by atoms with Crippen LogP contribution in [0.15, 0.2) is 73.2 Å². The molecular formula is C18H13N3O. The Hall–Kier alpha value is -3.14. The zero-order valence-corrected chi connectivity index (χ0v) is 11.7. The molecule has 0 saturated heterocycles. The minimum absolute atomic E-state index is 0.130. The molecule has 0 bridgehead atoms. The topological polar surface area (TPSA) is 50.4 Å². The van der Waals surface area contributed by atoms with Crippen molar-refractivity contribution in [1.29, 1.82) is 0 Å². The summed E-state index contributed by atoms with van der Waals surface area (Å²) in [7, 11) is 0. The average molecular weight is 287 g/mol. The summed E-state index contributed by atoms with van der Waals surface area (Å²) < 4.78 is 1.62. The van der Waals surface area contributed by atoms with Crippen molar-refractivity contribution in [2.75, 3.05) is 0 Å². The fourth-order valence-electron chi connectivity index (χ4n) is 2.54. The smallest absolute Gasteiger partial charge is 0.224 e. The van der Waals surface area contributed by atoms with Gasteiger partial charge in [0, 0.05) is 18.0 Å². The van der Waals surface area contributed by atoms with Crippen LogP contribution in [-0.4, -0.2) is 19.5 Å². The van der Waals surface area contributed by atoms with Crippen LogP contribution in [0.2, 0.25) is 0 Å². The third-order valence-electron chi connectivity index (χ3n) is 3.67. The monoisotopic (exact) mass is 287 g/mol. The van der Waals surface area contributed by atoms with Gasteiger partial charge in [0.15, 0.2) is 5.65 Å². The second-order valence-corrected chi connectivity index (χ2v) is 5.03. The van der Waals surface area contributed by atoms with E-state index in [0.29, 0.717) is 11.3 Å². The second kappa shape index (κ2) is 5.00. The van der Waals surface area contributed by atoms with Crippen molar-refractivity contribution in [3.8, 4) is 28.3 Å². The highest BCUT2D eigenvalue weighted by molar-refractivity contribution is 5.72. The molecule has 4 nitrogen and oxygen atoms in total. The molecule has 0 atom stereocenters. The van der Waals surface area contributed by atoms with Crippen molar-refractivity contribution in [2.24, 2.45) is 0 Å². The maximum Gasteiger partial charge on any atom is 0.224 e. The molecule has 0 aliphatic heterocycles. The first-order valence-corrected chi connectivity index (χ1v) is 7.00. The minimum atomic E-state index is 0.130. The third kappa shape index (κ3) is 2.02. The number of rotatable bonds is 2. The number of imidazole rings is 1. The summed E-state index contributed by atoms with van der Waals surface area (Å²) in [6.45, 7) is 0. The first-order chi connectivity index (χ1) is 10.8. The van der Waals surface area contributed by atoms with Crippen molar-refractivity contribution >= 4 is 5.65 Å². The Morgan fingerprint density at radius 2 is 1.50 bits per heavy atom. The number of aromatic nitrogens is 3. The highest BCUT2D eigenvalue weighted by atomic mass is 16.3. The van der Waals surface area contributed by atoms with Crippen LogP contribution in [0.5, 0.6) is 5.88 Å². The molecule has 0 radical (unpaired) electrons. The SMILES string of the molecule is Oc1c(-c2ccc(-c3ccccc3)cc2)nc2cnccn12. The van der Waals surface area contributed by atoms with Gasteiger partial charge in [0.1, 0.15) is 5.69 Å². The van der Waals surface area contributed by atoms with Crippen LogP contribution in [0.25, 0.3) is 28.0 Å². The number of fused-ring (bicyclic) bond motifs is 1. The highest BCUT2D eigenvalue weighted by Crippen LogP contribution is 2.30. The summed E-state index contributed by atoms with van der Waals surface area (Å²) in [6.07, 6.45) is 4.94. The molecule has 0 fully saturated rings. The van der Waals surface area contributed by atoms with Crippen molar-refractivity contribution in [2.45, 2.75) is 0 Å². The average Bonchev–Trinajstić information content (AvgIpc) is 2.93. The third-order valence-corrected chi connectivity index (χ3v) is 3.67. The lowest BCUT2D eigenvalue weighted by Crippen LogP contribution is -1.83. The Kier molecular flexibility index (Phi) is 2.86. The number of benzene rings is 2. The molecule has 4 heteroatoms. The quantitative estimate of drug-likeness (QED) is 0.610. The molecule has 1 N–H and O–H groups in total. The van der Waals surface area contributed by atoms with E-state index in [1.807, 2.05) is 42.5 Å². The van der Waals surface area contributed by atoms with E-state index in [4.69, 9.17) is 0 Å². The predicted molar refractivity (Wildman–Crippen MR) is 85.5 cm³/mol. The Balaban J connectivity index is 1.78. The van der Waals surface area contributed by atoms with Gasteiger partial charge in [0.2, 0.25) is 5.88 Å². The first-order valence-electron chi connectivity index (χ1n) is 7.00. The molecule has 0 aliphatic rings. The molecule has 0 unspecified atom stereocenters. The number of nitrogens with zero attached hydrogens (tertiary/aromatic N) is 3. The number of hydrogen-bond donors (Lipinski definition) is 1. The van der Waals surface area contributed by atoms with Crippen LogP contribution in [0.1, 0.15) is 0 Å². The molecule has 0 saturated carbocycles. The molecule has 2 aromatic heterocycles. The van der Waals surface area contributed by atoms with Crippen molar-refractivity contribution in [1.82, 2.24) is 14.4 Å². The van der Waals surface area contributed by atoms with Gasteiger partial charge in [-0.2, -0.15) is 0 Å². The van der Waals surface area contributed by atoms with Crippen LogP contribution >= 0.6 is 0 Å². The molecule has 22 heavy (non-hydrogen) atoms. The molecule has 4 aromatic rings. The summed E-state index contributed by atoms with van der Waals surface area (Å²) in [5, 5.41) is 10.3. The van der Waals surface area contributed by atoms with Gasteiger partial charge in [-0.1, -0.05) is 54.6 Å². The lowest BCUT2D eigenvalue weighted by molar-refractivity contribution is 0.450. The zero-order valence-electron chi connectivity index (χ0n) is 11.7. The summed E-state index contributed by atoms with van der Waals surface area (Å²) in [5.74, 6) is 0.130. The van der Waals surface area contributed by atoms with Crippen molar-refractivity contribution in [3.05, 3.63) is 73.2 Å². The van der Waals surface area contributed by atoms with Gasteiger partial charge in [-0.15, -0.1) is 0 Å². The Bertz CT molecular complexity index is 928. The second-order valence-electron chi connectivity index (χ2n) is 5.03. The Morgan fingerprint density at radius 3 is 2.23 bits per heavy atom. The normalized spacial score (nSPS) is 10.9. The molecule has 106 valence electrons. The molecule has 0 aliphatic carbocycles. The van der Waals surface area contributed by atoms with E-state index in [-0.39, 0.29) is 5.88 Å². The maximum atomic E-state index is 10.3. The van der Waals surface area contributed by atoms with Gasteiger partial charge in [0.05, 0.1) is 6.20 Å². The summed E-state index contributed by atoms with van der Waals surface area (Å²) in [5.41, 5.74) is 4.36. The highest BCUT2D eigenvalue weighted by Gasteiger charge is 2.12. The Labute approximate surface area is 127 Å². The fourth-order valence-corrected chi connectivity index (χ4v) is 2.54. The fraction of sp³-hybridized carbons (Fsp3) is 0. The molecule has 0 spiro atoms. The van der Waals surface area contributed by atoms with Crippen LogP contribution < -0.4 is 0 Å². The zero-order chi connectivity index (χ0) is 14.9. The summed E-state index contributed by atoms with van der Waals surface area (Å²) in [6, 6.07) is 18.2. The first kappa shape index (κ1) is 12.6. The van der Waals surface area contributed by atoms with Gasteiger partial charge in [-0.3, -0.25) is 9.38 Å². The van der Waals surface area contributed by atoms with Gasteiger partial charge in [0.25, 0.3) is 0 Å². The van der Waals surface area contributed by atoms with E-state index in [9.17, 15) is 5.11 Å². The molecule has 2 heterocycles. The largest absolute Gasteiger partial charge is 0.493 e. The van der Waals surface area contributed by atoms with Gasteiger partial charge < -0.3 is 5.11 Å². The van der Waals surface area contributed by atoms with E-state index in [2.05, 4.69) is 22.1 Å². The molecule has 2 aromatic carbocycles. The number of hydrogen-bond acceptors (Lipinski definition) is 3. The van der Waals surface area contributed by atoms with E-state index >= 15 is 0 Å². The van der Waals surface area contributed by atoms with E-state index in [1.54, 1.807) is 23.0 Å². The molecule has 0 amide bonds. The Morgan fingerprint density at radius 1 is 0.818 bits per heavy atom. The van der Waals surface area contributed by atoms with Crippen molar-refractivity contribution < 1.29 is 5.11 Å².